The number of fused-ring (bicyclic) bond motifs is 5. The third-order valence-electron chi connectivity index (χ3n) is 11.9. The second-order valence-electron chi connectivity index (χ2n) is 13.5. The molecular formula is C30H54. The number of hydrogen-bond acceptors (Lipinski definition) is 0. The summed E-state index contributed by atoms with van der Waals surface area (Å²) >= 11 is 0. The Morgan fingerprint density at radius 3 is 2.23 bits per heavy atom. The van der Waals surface area contributed by atoms with Crippen LogP contribution in [0.3, 0.4) is 0 Å². The average molecular weight is 415 g/mol. The minimum atomic E-state index is 0.663. The Balaban J connectivity index is 1.43. The van der Waals surface area contributed by atoms with E-state index in [0.717, 1.165) is 47.3 Å². The molecule has 9 atom stereocenters. The topological polar surface area (TPSA) is 0 Å². The molecule has 4 aliphatic rings. The molecule has 0 aromatic rings. The summed E-state index contributed by atoms with van der Waals surface area (Å²) < 4.78 is 0. The van der Waals surface area contributed by atoms with Crippen LogP contribution < -0.4 is 0 Å². The van der Waals surface area contributed by atoms with Gasteiger partial charge < -0.3 is 0 Å². The Morgan fingerprint density at radius 2 is 1.50 bits per heavy atom. The molecule has 0 radical (unpaired) electrons. The summed E-state index contributed by atoms with van der Waals surface area (Å²) in [6, 6.07) is 0. The van der Waals surface area contributed by atoms with Crippen molar-refractivity contribution in [2.24, 2.45) is 58.2 Å². The van der Waals surface area contributed by atoms with E-state index in [1.54, 1.807) is 51.4 Å². The van der Waals surface area contributed by atoms with Crippen LogP contribution in [-0.2, 0) is 0 Å². The zero-order chi connectivity index (χ0) is 21.5. The van der Waals surface area contributed by atoms with E-state index in [9.17, 15) is 0 Å². The number of hydrogen-bond donors (Lipinski definition) is 0. The zero-order valence-electron chi connectivity index (χ0n) is 21.5. The fourth-order valence-electron chi connectivity index (χ4n) is 10.1. The summed E-state index contributed by atoms with van der Waals surface area (Å²) in [7, 11) is 0. The van der Waals surface area contributed by atoms with E-state index in [1.807, 2.05) is 0 Å². The van der Waals surface area contributed by atoms with E-state index in [1.165, 1.54) is 38.5 Å². The molecule has 0 aromatic carbocycles. The maximum Gasteiger partial charge on any atom is -0.0264 e. The lowest BCUT2D eigenvalue weighted by molar-refractivity contribution is -0.114. The molecule has 2 unspecified atom stereocenters. The Kier molecular flexibility index (Phi) is 7.02. The molecular weight excluding hydrogens is 360 g/mol. The molecule has 0 aromatic heterocycles. The quantitative estimate of drug-likeness (QED) is 0.389. The van der Waals surface area contributed by atoms with E-state index in [2.05, 4.69) is 41.5 Å². The van der Waals surface area contributed by atoms with Gasteiger partial charge in [0.15, 0.2) is 0 Å². The molecule has 4 saturated carbocycles. The van der Waals surface area contributed by atoms with Gasteiger partial charge >= 0.3 is 0 Å². The summed E-state index contributed by atoms with van der Waals surface area (Å²) in [4.78, 5) is 0. The largest absolute Gasteiger partial charge is 0.0654 e. The molecule has 0 saturated heterocycles. The summed E-state index contributed by atoms with van der Waals surface area (Å²) in [5.41, 5.74) is 1.37. The second kappa shape index (κ2) is 9.09. The van der Waals surface area contributed by atoms with Crippen LogP contribution in [-0.4, -0.2) is 0 Å². The lowest BCUT2D eigenvalue weighted by Gasteiger charge is -2.61. The minimum Gasteiger partial charge on any atom is -0.0654 e. The van der Waals surface area contributed by atoms with Gasteiger partial charge in [-0.1, -0.05) is 73.6 Å². The summed E-state index contributed by atoms with van der Waals surface area (Å²) in [5, 5.41) is 0. The minimum absolute atomic E-state index is 0.663. The van der Waals surface area contributed by atoms with Gasteiger partial charge in [-0.3, -0.25) is 0 Å². The fraction of sp³-hybridized carbons (Fsp3) is 1.00. The van der Waals surface area contributed by atoms with Gasteiger partial charge in [-0.15, -0.1) is 0 Å². The molecule has 0 heterocycles. The molecule has 0 nitrogen and oxygen atoms in total. The van der Waals surface area contributed by atoms with E-state index >= 15 is 0 Å². The highest BCUT2D eigenvalue weighted by Gasteiger charge is 2.60. The Labute approximate surface area is 189 Å². The maximum absolute atomic E-state index is 2.77. The van der Waals surface area contributed by atoms with Gasteiger partial charge in [-0.05, 0) is 116 Å². The normalized spacial score (nSPS) is 45.5. The van der Waals surface area contributed by atoms with Crippen molar-refractivity contribution in [2.45, 2.75) is 131 Å². The Bertz CT molecular complexity index is 562. The van der Waals surface area contributed by atoms with Crippen LogP contribution in [0.4, 0.5) is 0 Å². The maximum atomic E-state index is 2.77. The summed E-state index contributed by atoms with van der Waals surface area (Å²) in [5.74, 6) is 8.04. The molecule has 0 N–H and O–H groups in total. The van der Waals surface area contributed by atoms with E-state index in [4.69, 9.17) is 0 Å². The predicted molar refractivity (Wildman–Crippen MR) is 131 cm³/mol. The van der Waals surface area contributed by atoms with Crippen molar-refractivity contribution in [1.29, 1.82) is 0 Å². The fourth-order valence-corrected chi connectivity index (χ4v) is 10.1. The molecule has 0 aliphatic heterocycles. The van der Waals surface area contributed by atoms with Crippen LogP contribution in [0, 0.1) is 58.2 Å². The third kappa shape index (κ3) is 3.94. The molecule has 174 valence electrons. The number of rotatable bonds is 7. The standard InChI is InChI=1S/C30H54/c1-7-10-23(21(2)3)13-12-22(4)26-16-17-27-25-15-14-24-11-8-9-19-29(24,5)28(25)18-20-30(26,27)6/h21-28H,7-20H2,1-6H3/t22-,23?,24?,25-,26+,27+,28-,29-,30+/m0/s1. The van der Waals surface area contributed by atoms with Crippen molar-refractivity contribution in [3.05, 3.63) is 0 Å². The lowest BCUT2D eigenvalue weighted by atomic mass is 9.44. The molecule has 0 spiro atoms. The first-order valence-electron chi connectivity index (χ1n) is 14.3. The first kappa shape index (κ1) is 23.2. The van der Waals surface area contributed by atoms with Crippen LogP contribution in [0.5, 0.6) is 0 Å². The van der Waals surface area contributed by atoms with Crippen LogP contribution in [0.1, 0.15) is 131 Å². The molecule has 4 fully saturated rings. The lowest BCUT2D eigenvalue weighted by Crippen LogP contribution is -2.53. The van der Waals surface area contributed by atoms with Crippen LogP contribution in [0.15, 0.2) is 0 Å². The summed E-state index contributed by atoms with van der Waals surface area (Å²) in [6.45, 7) is 15.5. The highest BCUT2D eigenvalue weighted by atomic mass is 14.6. The molecule has 0 bridgehead atoms. The molecule has 4 rings (SSSR count). The average Bonchev–Trinajstić information content (AvgIpc) is 3.07. The van der Waals surface area contributed by atoms with Crippen LogP contribution in [0.25, 0.3) is 0 Å². The highest BCUT2D eigenvalue weighted by molar-refractivity contribution is 5.09. The Morgan fingerprint density at radius 1 is 0.733 bits per heavy atom. The van der Waals surface area contributed by atoms with Crippen LogP contribution in [0.2, 0.25) is 0 Å². The van der Waals surface area contributed by atoms with Crippen molar-refractivity contribution in [2.75, 3.05) is 0 Å². The summed E-state index contributed by atoms with van der Waals surface area (Å²) in [6.07, 6.45) is 21.3. The van der Waals surface area contributed by atoms with E-state index < -0.39 is 0 Å². The molecule has 0 amide bonds. The van der Waals surface area contributed by atoms with E-state index in [-0.39, 0.29) is 0 Å². The third-order valence-corrected chi connectivity index (χ3v) is 11.9. The van der Waals surface area contributed by atoms with Crippen LogP contribution >= 0.6 is 0 Å². The van der Waals surface area contributed by atoms with Gasteiger partial charge in [-0.2, -0.15) is 0 Å². The smallest absolute Gasteiger partial charge is 0.0264 e. The van der Waals surface area contributed by atoms with Gasteiger partial charge in [0.2, 0.25) is 0 Å². The van der Waals surface area contributed by atoms with Crippen molar-refractivity contribution in [3.63, 3.8) is 0 Å². The SMILES string of the molecule is CCCC(CC[C@H](C)[C@H]1CC[C@@H]2[C@@H]3CCC4CCCC[C@]4(C)[C@H]3CC[C@@]21C)C(C)C. The Hall–Kier alpha value is 0. The first-order valence-corrected chi connectivity index (χ1v) is 14.3. The second-order valence-corrected chi connectivity index (χ2v) is 13.5. The van der Waals surface area contributed by atoms with Gasteiger partial charge in [0.25, 0.3) is 0 Å². The van der Waals surface area contributed by atoms with Crippen molar-refractivity contribution < 1.29 is 0 Å². The van der Waals surface area contributed by atoms with E-state index in [0.29, 0.717) is 10.8 Å². The van der Waals surface area contributed by atoms with Crippen molar-refractivity contribution in [1.82, 2.24) is 0 Å². The zero-order valence-corrected chi connectivity index (χ0v) is 21.5. The van der Waals surface area contributed by atoms with Crippen molar-refractivity contribution in [3.8, 4) is 0 Å². The van der Waals surface area contributed by atoms with Gasteiger partial charge in [0.1, 0.15) is 0 Å². The predicted octanol–water partition coefficient (Wildman–Crippen LogP) is 9.52. The molecule has 4 aliphatic carbocycles. The van der Waals surface area contributed by atoms with Gasteiger partial charge in [0, 0.05) is 0 Å². The first-order chi connectivity index (χ1) is 14.3. The van der Waals surface area contributed by atoms with Gasteiger partial charge in [0.05, 0.1) is 0 Å². The molecule has 0 heteroatoms. The highest BCUT2D eigenvalue weighted by Crippen LogP contribution is 2.68. The van der Waals surface area contributed by atoms with Crippen molar-refractivity contribution >= 4 is 0 Å². The molecule has 30 heavy (non-hydrogen) atoms. The van der Waals surface area contributed by atoms with Gasteiger partial charge in [-0.25, -0.2) is 0 Å². The monoisotopic (exact) mass is 414 g/mol.